The lowest BCUT2D eigenvalue weighted by Crippen LogP contribution is -2.30. The molecule has 43 heavy (non-hydrogen) atoms. The van der Waals surface area contributed by atoms with Gasteiger partial charge in [0.15, 0.2) is 0 Å². The molecule has 0 bridgehead atoms. The van der Waals surface area contributed by atoms with Crippen molar-refractivity contribution < 1.29 is 17.9 Å². The van der Waals surface area contributed by atoms with Gasteiger partial charge in [-0.15, -0.1) is 0 Å². The van der Waals surface area contributed by atoms with Crippen LogP contribution in [-0.4, -0.2) is 49.3 Å². The van der Waals surface area contributed by atoms with E-state index in [-0.39, 0.29) is 0 Å². The van der Waals surface area contributed by atoms with Crippen LogP contribution in [-0.2, 0) is 10.9 Å². The molecular formula is C34H35F3N4OSi. The molecule has 0 fully saturated rings. The molecule has 0 radical (unpaired) electrons. The highest BCUT2D eigenvalue weighted by Crippen LogP contribution is 2.33. The molecule has 3 aromatic carbocycles. The van der Waals surface area contributed by atoms with Crippen molar-refractivity contribution in [1.29, 1.82) is 0 Å². The molecule has 1 aromatic heterocycles. The van der Waals surface area contributed by atoms with Crippen LogP contribution >= 0.6 is 0 Å². The summed E-state index contributed by atoms with van der Waals surface area (Å²) < 4.78 is 46.5. The van der Waals surface area contributed by atoms with Gasteiger partial charge in [0.1, 0.15) is 12.9 Å². The van der Waals surface area contributed by atoms with Crippen LogP contribution in [0.3, 0.4) is 0 Å². The number of halogens is 3. The zero-order chi connectivity index (χ0) is 30.5. The molecule has 1 atom stereocenters. The van der Waals surface area contributed by atoms with E-state index in [1.807, 2.05) is 71.6 Å². The molecular weight excluding hydrogens is 565 g/mol. The number of alkyl halides is 3. The van der Waals surface area contributed by atoms with E-state index in [4.69, 9.17) is 14.7 Å². The fraction of sp³-hybridized carbons (Fsp3) is 0.265. The molecule has 0 unspecified atom stereocenters. The highest BCUT2D eigenvalue weighted by molar-refractivity contribution is 6.76. The normalized spacial score (nSPS) is 15.8. The molecule has 9 heteroatoms. The minimum Gasteiger partial charge on any atom is -0.366 e. The van der Waals surface area contributed by atoms with Crippen LogP contribution in [0.2, 0.25) is 25.7 Å². The number of hydrogen-bond donors (Lipinski definition) is 0. The fourth-order valence-electron chi connectivity index (χ4n) is 4.82. The number of aliphatic imine (C=N–C) groups is 2. The highest BCUT2D eigenvalue weighted by Gasteiger charge is 2.33. The van der Waals surface area contributed by atoms with Gasteiger partial charge >= 0.3 is 6.18 Å². The van der Waals surface area contributed by atoms with Crippen molar-refractivity contribution >= 4 is 25.2 Å². The summed E-state index contributed by atoms with van der Waals surface area (Å²) in [5, 5.41) is 0. The molecule has 2 heterocycles. The number of benzene rings is 3. The van der Waals surface area contributed by atoms with Crippen LogP contribution in [0.5, 0.6) is 0 Å². The van der Waals surface area contributed by atoms with E-state index >= 15 is 0 Å². The maximum atomic E-state index is 13.5. The third kappa shape index (κ3) is 8.13. The number of nitrogens with zero attached hydrogens (tertiary/aromatic N) is 4. The Morgan fingerprint density at radius 2 is 1.58 bits per heavy atom. The Bertz CT molecular complexity index is 1540. The van der Waals surface area contributed by atoms with Crippen molar-refractivity contribution in [3.05, 3.63) is 131 Å². The van der Waals surface area contributed by atoms with Crippen LogP contribution in [0, 0.1) is 0 Å². The Balaban J connectivity index is 1.49. The summed E-state index contributed by atoms with van der Waals surface area (Å²) in [6, 6.07) is 28.2. The predicted molar refractivity (Wildman–Crippen MR) is 169 cm³/mol. The quantitative estimate of drug-likeness (QED) is 0.104. The maximum absolute atomic E-state index is 13.5. The maximum Gasteiger partial charge on any atom is 0.416 e. The minimum absolute atomic E-state index is 0.299. The van der Waals surface area contributed by atoms with Crippen molar-refractivity contribution in [2.24, 2.45) is 9.98 Å². The van der Waals surface area contributed by atoms with E-state index in [1.54, 1.807) is 18.5 Å². The van der Waals surface area contributed by atoms with Gasteiger partial charge in [-0.2, -0.15) is 13.2 Å². The molecule has 4 aromatic rings. The Hall–Kier alpha value is -3.92. The van der Waals surface area contributed by atoms with Crippen molar-refractivity contribution in [2.75, 3.05) is 19.9 Å². The van der Waals surface area contributed by atoms with Crippen molar-refractivity contribution in [3.63, 3.8) is 0 Å². The smallest absolute Gasteiger partial charge is 0.366 e. The largest absolute Gasteiger partial charge is 0.416 e. The first-order valence-corrected chi connectivity index (χ1v) is 18.0. The third-order valence-electron chi connectivity index (χ3n) is 7.13. The average Bonchev–Trinajstić information content (AvgIpc) is 3.43. The summed E-state index contributed by atoms with van der Waals surface area (Å²) in [6.07, 6.45) is -1.46. The van der Waals surface area contributed by atoms with Crippen LogP contribution in [0.25, 0.3) is 0 Å². The van der Waals surface area contributed by atoms with E-state index in [2.05, 4.69) is 24.6 Å². The lowest BCUT2D eigenvalue weighted by Gasteiger charge is -2.24. The number of hydrogen-bond acceptors (Lipinski definition) is 5. The van der Waals surface area contributed by atoms with Crippen LogP contribution < -0.4 is 0 Å². The van der Waals surface area contributed by atoms with Gasteiger partial charge in [0.05, 0.1) is 28.9 Å². The molecule has 5 nitrogen and oxygen atoms in total. The first kappa shape index (κ1) is 30.5. The molecule has 5 rings (SSSR count). The van der Waals surface area contributed by atoms with E-state index in [1.165, 1.54) is 6.07 Å². The lowest BCUT2D eigenvalue weighted by atomic mass is 10.0. The SMILES string of the molecule is C[Si](C)(C)CCOCN1CC(c2cccc(C(F)(F)F)c2)=N[C@@H]1c1cncc(N=C(c2ccccc2)c2ccccc2)c1. The Morgan fingerprint density at radius 3 is 2.21 bits per heavy atom. The highest BCUT2D eigenvalue weighted by atomic mass is 28.3. The third-order valence-corrected chi connectivity index (χ3v) is 8.84. The Labute approximate surface area is 251 Å². The van der Waals surface area contributed by atoms with Gasteiger partial charge in [-0.1, -0.05) is 92.4 Å². The second kappa shape index (κ2) is 13.2. The van der Waals surface area contributed by atoms with Gasteiger partial charge in [-0.05, 0) is 29.8 Å². The summed E-state index contributed by atoms with van der Waals surface area (Å²) in [5.74, 6) is 0. The van der Waals surface area contributed by atoms with Crippen molar-refractivity contribution in [3.8, 4) is 0 Å². The second-order valence-corrected chi connectivity index (χ2v) is 17.4. The molecule has 222 valence electrons. The minimum atomic E-state index is -4.43. The molecule has 1 aliphatic heterocycles. The average molecular weight is 601 g/mol. The van der Waals surface area contributed by atoms with Gasteiger partial charge in [0.2, 0.25) is 0 Å². The topological polar surface area (TPSA) is 50.1 Å². The lowest BCUT2D eigenvalue weighted by molar-refractivity contribution is -0.137. The standard InChI is InChI=1S/C34H35F3N4OSi/c1-43(2,3)18-17-42-24-41-23-31(27-15-10-16-29(19-27)34(35,36)37)40-33(41)28-20-30(22-38-21-28)39-32(25-11-6-4-7-12-25)26-13-8-5-9-14-26/h4-16,19-22,33H,17-18,23-24H2,1-3H3/t33-/m0/s1. The van der Waals surface area contributed by atoms with Gasteiger partial charge in [-0.25, -0.2) is 9.89 Å². The summed E-state index contributed by atoms with van der Waals surface area (Å²) in [4.78, 5) is 16.4. The molecule has 0 amide bonds. The van der Waals surface area contributed by atoms with E-state index in [0.29, 0.717) is 36.8 Å². The molecule has 0 saturated heterocycles. The number of rotatable bonds is 10. The summed E-state index contributed by atoms with van der Waals surface area (Å²) in [6.45, 7) is 8.15. The molecule has 0 spiro atoms. The van der Waals surface area contributed by atoms with E-state index in [9.17, 15) is 13.2 Å². The van der Waals surface area contributed by atoms with Crippen LogP contribution in [0.15, 0.2) is 113 Å². The Kier molecular flexibility index (Phi) is 9.34. The summed E-state index contributed by atoms with van der Waals surface area (Å²) >= 11 is 0. The second-order valence-electron chi connectivity index (χ2n) is 11.8. The first-order chi connectivity index (χ1) is 20.6. The molecule has 0 aliphatic carbocycles. The van der Waals surface area contributed by atoms with Crippen LogP contribution in [0.1, 0.15) is 34.0 Å². The zero-order valence-corrected chi connectivity index (χ0v) is 25.6. The van der Waals surface area contributed by atoms with E-state index in [0.717, 1.165) is 40.6 Å². The summed E-state index contributed by atoms with van der Waals surface area (Å²) in [7, 11) is -1.29. The molecule has 0 saturated carbocycles. The fourth-order valence-corrected chi connectivity index (χ4v) is 5.57. The van der Waals surface area contributed by atoms with Gasteiger partial charge in [0, 0.05) is 44.1 Å². The van der Waals surface area contributed by atoms with Gasteiger partial charge in [-0.3, -0.25) is 9.98 Å². The zero-order valence-electron chi connectivity index (χ0n) is 24.6. The molecule has 0 N–H and O–H groups in total. The van der Waals surface area contributed by atoms with E-state index < -0.39 is 26.0 Å². The number of aromatic nitrogens is 1. The monoisotopic (exact) mass is 600 g/mol. The van der Waals surface area contributed by atoms with Gasteiger partial charge in [0.25, 0.3) is 0 Å². The number of pyridine rings is 1. The summed E-state index contributed by atoms with van der Waals surface area (Å²) in [5.41, 5.74) is 4.53. The first-order valence-electron chi connectivity index (χ1n) is 14.3. The van der Waals surface area contributed by atoms with Crippen molar-refractivity contribution in [1.82, 2.24) is 9.88 Å². The molecule has 1 aliphatic rings. The van der Waals surface area contributed by atoms with Gasteiger partial charge < -0.3 is 4.74 Å². The Morgan fingerprint density at radius 1 is 0.907 bits per heavy atom. The predicted octanol–water partition coefficient (Wildman–Crippen LogP) is 8.39. The van der Waals surface area contributed by atoms with Crippen molar-refractivity contribution in [2.45, 2.75) is 38.0 Å². The number of ether oxygens (including phenoxy) is 1. The van der Waals surface area contributed by atoms with Crippen LogP contribution in [0.4, 0.5) is 18.9 Å².